The average Bonchev–Trinajstić information content (AvgIpc) is 2.38. The van der Waals surface area contributed by atoms with Crippen molar-refractivity contribution in [3.8, 4) is 0 Å². The number of allylic oxidation sites excluding steroid dienone is 3. The summed E-state index contributed by atoms with van der Waals surface area (Å²) in [7, 11) is 0. The van der Waals surface area contributed by atoms with Crippen LogP contribution in [0.2, 0.25) is 0 Å². The predicted molar refractivity (Wildman–Crippen MR) is 82.2 cm³/mol. The molecule has 106 valence electrons. The highest BCUT2D eigenvalue weighted by Gasteiger charge is 2.26. The van der Waals surface area contributed by atoms with E-state index in [0.717, 1.165) is 18.4 Å². The molecule has 0 aliphatic heterocycles. The van der Waals surface area contributed by atoms with Crippen molar-refractivity contribution in [3.05, 3.63) is 53.6 Å². The van der Waals surface area contributed by atoms with E-state index in [9.17, 15) is 4.79 Å². The molecule has 0 saturated carbocycles. The SMILES string of the molecule is CCOC(=O)C=C1C=C(c2ccccc2)CC(C)(C)C1. The van der Waals surface area contributed by atoms with Crippen molar-refractivity contribution in [2.75, 3.05) is 6.61 Å². The van der Waals surface area contributed by atoms with Crippen molar-refractivity contribution in [2.45, 2.75) is 33.6 Å². The molecule has 0 unspecified atom stereocenters. The minimum absolute atomic E-state index is 0.165. The first kappa shape index (κ1) is 14.6. The second-order valence-electron chi connectivity index (χ2n) is 6.02. The van der Waals surface area contributed by atoms with Crippen molar-refractivity contribution < 1.29 is 9.53 Å². The molecule has 0 N–H and O–H groups in total. The van der Waals surface area contributed by atoms with Crippen molar-refractivity contribution in [3.63, 3.8) is 0 Å². The maximum atomic E-state index is 11.6. The zero-order valence-corrected chi connectivity index (χ0v) is 12.5. The van der Waals surface area contributed by atoms with Crippen LogP contribution in [0.5, 0.6) is 0 Å². The second kappa shape index (κ2) is 6.08. The lowest BCUT2D eigenvalue weighted by molar-refractivity contribution is -0.137. The number of hydrogen-bond donors (Lipinski definition) is 0. The molecule has 2 heteroatoms. The Bertz CT molecular complexity index is 536. The summed E-state index contributed by atoms with van der Waals surface area (Å²) in [6.45, 7) is 6.72. The minimum Gasteiger partial charge on any atom is -0.463 e. The summed E-state index contributed by atoms with van der Waals surface area (Å²) in [4.78, 5) is 11.6. The topological polar surface area (TPSA) is 26.3 Å². The Kier molecular flexibility index (Phi) is 4.43. The highest BCUT2D eigenvalue weighted by molar-refractivity contribution is 5.84. The molecular weight excluding hydrogens is 248 g/mol. The molecule has 1 aromatic carbocycles. The predicted octanol–water partition coefficient (Wildman–Crippen LogP) is 4.38. The van der Waals surface area contributed by atoms with Crippen molar-refractivity contribution in [1.29, 1.82) is 0 Å². The van der Waals surface area contributed by atoms with Crippen LogP contribution in [-0.2, 0) is 9.53 Å². The van der Waals surface area contributed by atoms with Crippen molar-refractivity contribution in [2.24, 2.45) is 5.41 Å². The first-order valence-corrected chi connectivity index (χ1v) is 7.13. The monoisotopic (exact) mass is 270 g/mol. The van der Waals surface area contributed by atoms with E-state index in [1.54, 1.807) is 6.08 Å². The van der Waals surface area contributed by atoms with Gasteiger partial charge in [-0.3, -0.25) is 0 Å². The van der Waals surface area contributed by atoms with Crippen molar-refractivity contribution >= 4 is 11.5 Å². The summed E-state index contributed by atoms with van der Waals surface area (Å²) in [5.41, 5.74) is 3.74. The minimum atomic E-state index is -0.246. The molecule has 0 saturated heterocycles. The van der Waals surface area contributed by atoms with E-state index < -0.39 is 0 Å². The van der Waals surface area contributed by atoms with Gasteiger partial charge in [-0.1, -0.05) is 50.3 Å². The highest BCUT2D eigenvalue weighted by atomic mass is 16.5. The van der Waals surface area contributed by atoms with Crippen LogP contribution in [0.25, 0.3) is 5.57 Å². The third kappa shape index (κ3) is 3.83. The molecule has 0 fully saturated rings. The summed E-state index contributed by atoms with van der Waals surface area (Å²) in [5.74, 6) is -0.246. The van der Waals surface area contributed by atoms with E-state index in [-0.39, 0.29) is 11.4 Å². The first-order chi connectivity index (χ1) is 9.50. The standard InChI is InChI=1S/C18H22O2/c1-4-20-17(19)11-14-10-16(13-18(2,3)12-14)15-8-6-5-7-9-15/h5-11H,4,12-13H2,1-3H3. The molecule has 0 heterocycles. The lowest BCUT2D eigenvalue weighted by Crippen LogP contribution is -2.17. The molecule has 2 nitrogen and oxygen atoms in total. The van der Waals surface area contributed by atoms with Gasteiger partial charge in [0.1, 0.15) is 0 Å². The summed E-state index contributed by atoms with van der Waals surface area (Å²) >= 11 is 0. The highest BCUT2D eigenvalue weighted by Crippen LogP contribution is 2.41. The van der Waals surface area contributed by atoms with Crippen LogP contribution in [-0.4, -0.2) is 12.6 Å². The molecule has 0 atom stereocenters. The van der Waals surface area contributed by atoms with Gasteiger partial charge in [0.2, 0.25) is 0 Å². The third-order valence-corrected chi connectivity index (χ3v) is 3.45. The zero-order chi connectivity index (χ0) is 14.6. The number of rotatable bonds is 3. The molecule has 1 aliphatic carbocycles. The van der Waals surface area contributed by atoms with Gasteiger partial charge in [-0.15, -0.1) is 0 Å². The van der Waals surface area contributed by atoms with E-state index in [0.29, 0.717) is 6.61 Å². The number of benzene rings is 1. The van der Waals surface area contributed by atoms with E-state index >= 15 is 0 Å². The van der Waals surface area contributed by atoms with Crippen LogP contribution in [0.3, 0.4) is 0 Å². The number of hydrogen-bond acceptors (Lipinski definition) is 2. The molecule has 0 amide bonds. The lowest BCUT2D eigenvalue weighted by Gasteiger charge is -2.31. The van der Waals surface area contributed by atoms with Crippen molar-refractivity contribution in [1.82, 2.24) is 0 Å². The molecule has 1 aromatic rings. The average molecular weight is 270 g/mol. The van der Waals surface area contributed by atoms with E-state index in [1.165, 1.54) is 11.1 Å². The van der Waals surface area contributed by atoms with Crippen LogP contribution in [0.4, 0.5) is 0 Å². The largest absolute Gasteiger partial charge is 0.463 e. The molecule has 1 aliphatic rings. The number of carbonyl (C=O) groups excluding carboxylic acids is 1. The normalized spacial score (nSPS) is 19.6. The van der Waals surface area contributed by atoms with Gasteiger partial charge >= 0.3 is 5.97 Å². The van der Waals surface area contributed by atoms with Gasteiger partial charge in [0.15, 0.2) is 0 Å². The fourth-order valence-corrected chi connectivity index (χ4v) is 2.72. The quantitative estimate of drug-likeness (QED) is 0.602. The number of carbonyl (C=O) groups is 1. The lowest BCUT2D eigenvalue weighted by atomic mass is 9.73. The van der Waals surface area contributed by atoms with E-state index in [4.69, 9.17) is 4.74 Å². The van der Waals surface area contributed by atoms with E-state index in [1.807, 2.05) is 25.1 Å². The molecule has 0 bridgehead atoms. The molecule has 0 spiro atoms. The Morgan fingerprint density at radius 3 is 2.60 bits per heavy atom. The van der Waals surface area contributed by atoms with Gasteiger partial charge in [-0.25, -0.2) is 4.79 Å². The molecule has 2 rings (SSSR count). The molecule has 0 aromatic heterocycles. The second-order valence-corrected chi connectivity index (χ2v) is 6.02. The number of ether oxygens (including phenoxy) is 1. The van der Waals surface area contributed by atoms with Gasteiger partial charge < -0.3 is 4.74 Å². The summed E-state index contributed by atoms with van der Waals surface area (Å²) in [6.07, 6.45) is 5.70. The zero-order valence-electron chi connectivity index (χ0n) is 12.5. The summed E-state index contributed by atoms with van der Waals surface area (Å²) in [5, 5.41) is 0. The van der Waals surface area contributed by atoms with Crippen LogP contribution in [0, 0.1) is 5.41 Å². The van der Waals surface area contributed by atoms with Gasteiger partial charge in [0.05, 0.1) is 6.61 Å². The van der Waals surface area contributed by atoms with Gasteiger partial charge in [0, 0.05) is 6.08 Å². The Morgan fingerprint density at radius 1 is 1.25 bits per heavy atom. The van der Waals surface area contributed by atoms with Crippen LogP contribution >= 0.6 is 0 Å². The van der Waals surface area contributed by atoms with Crippen LogP contribution in [0.1, 0.15) is 39.2 Å². The Labute approximate surface area is 121 Å². The van der Waals surface area contributed by atoms with Crippen LogP contribution in [0.15, 0.2) is 48.1 Å². The Balaban J connectivity index is 2.32. The summed E-state index contributed by atoms with van der Waals surface area (Å²) in [6, 6.07) is 10.4. The van der Waals surface area contributed by atoms with Gasteiger partial charge in [0.25, 0.3) is 0 Å². The Morgan fingerprint density at radius 2 is 1.95 bits per heavy atom. The molecule has 20 heavy (non-hydrogen) atoms. The van der Waals surface area contributed by atoms with Gasteiger partial charge in [-0.2, -0.15) is 0 Å². The fraction of sp³-hybridized carbons (Fsp3) is 0.389. The smallest absolute Gasteiger partial charge is 0.331 e. The third-order valence-electron chi connectivity index (χ3n) is 3.45. The maximum absolute atomic E-state index is 11.6. The Hall–Kier alpha value is -1.83. The van der Waals surface area contributed by atoms with Crippen LogP contribution < -0.4 is 0 Å². The van der Waals surface area contributed by atoms with E-state index in [2.05, 4.69) is 32.1 Å². The fourth-order valence-electron chi connectivity index (χ4n) is 2.72. The molecule has 0 radical (unpaired) electrons. The first-order valence-electron chi connectivity index (χ1n) is 7.13. The summed E-state index contributed by atoms with van der Waals surface area (Å²) < 4.78 is 5.01. The molecular formula is C18H22O2. The maximum Gasteiger partial charge on any atom is 0.331 e. The number of esters is 1. The van der Waals surface area contributed by atoms with Gasteiger partial charge in [-0.05, 0) is 41.9 Å².